The summed E-state index contributed by atoms with van der Waals surface area (Å²) in [5.74, 6) is -0.295. The Labute approximate surface area is 151 Å². The quantitative estimate of drug-likeness (QED) is 0.639. The Hall–Kier alpha value is -3.06. The van der Waals surface area contributed by atoms with E-state index in [0.717, 1.165) is 16.7 Å². The van der Waals surface area contributed by atoms with Crippen molar-refractivity contribution in [1.82, 2.24) is 4.98 Å². The van der Waals surface area contributed by atoms with Gasteiger partial charge in [-0.15, -0.1) is 0 Å². The van der Waals surface area contributed by atoms with Gasteiger partial charge in [-0.05, 0) is 36.2 Å². The summed E-state index contributed by atoms with van der Waals surface area (Å²) in [7, 11) is 1.89. The molecule has 7 nitrogen and oxygen atoms in total. The average molecular weight is 355 g/mol. The van der Waals surface area contributed by atoms with Crippen LogP contribution in [0.3, 0.4) is 0 Å². The van der Waals surface area contributed by atoms with Crippen LogP contribution in [-0.2, 0) is 11.2 Å². The topological polar surface area (TPSA) is 102 Å². The van der Waals surface area contributed by atoms with Crippen molar-refractivity contribution < 1.29 is 19.1 Å². The summed E-state index contributed by atoms with van der Waals surface area (Å²) in [5, 5.41) is 8.84. The van der Waals surface area contributed by atoms with Crippen LogP contribution in [0.4, 0.5) is 6.01 Å². The lowest BCUT2D eigenvalue weighted by atomic mass is 10.1. The van der Waals surface area contributed by atoms with E-state index >= 15 is 0 Å². The predicted octanol–water partition coefficient (Wildman–Crippen LogP) is 2.30. The standard InChI is InChI=1S/C19H21N3O4/c1-22(19-21-16-4-2-3-5-17(16)26-19)10-11-25-14-8-6-13(7-9-14)12-15(20)18(23)24/h2-9,15H,10-12,20H2,1H3,(H,23,24). The molecule has 2 aromatic carbocycles. The normalized spacial score (nSPS) is 12.1. The van der Waals surface area contributed by atoms with Gasteiger partial charge >= 0.3 is 5.97 Å². The highest BCUT2D eigenvalue weighted by Gasteiger charge is 2.12. The number of aromatic nitrogens is 1. The minimum atomic E-state index is -1.01. The minimum Gasteiger partial charge on any atom is -0.492 e. The van der Waals surface area contributed by atoms with Crippen molar-refractivity contribution in [3.63, 3.8) is 0 Å². The largest absolute Gasteiger partial charge is 0.492 e. The molecule has 0 bridgehead atoms. The first-order valence-corrected chi connectivity index (χ1v) is 8.30. The van der Waals surface area contributed by atoms with Crippen molar-refractivity contribution in [2.75, 3.05) is 25.1 Å². The second-order valence-electron chi connectivity index (χ2n) is 6.03. The van der Waals surface area contributed by atoms with E-state index in [-0.39, 0.29) is 6.42 Å². The first-order valence-electron chi connectivity index (χ1n) is 8.30. The molecular formula is C19H21N3O4. The molecule has 1 unspecified atom stereocenters. The predicted molar refractivity (Wildman–Crippen MR) is 98.5 cm³/mol. The molecule has 0 fully saturated rings. The van der Waals surface area contributed by atoms with Gasteiger partial charge in [-0.1, -0.05) is 24.3 Å². The van der Waals surface area contributed by atoms with Gasteiger partial charge in [0.25, 0.3) is 6.01 Å². The highest BCUT2D eigenvalue weighted by molar-refractivity contribution is 5.74. The molecule has 0 aliphatic rings. The molecule has 0 radical (unpaired) electrons. The van der Waals surface area contributed by atoms with E-state index in [0.29, 0.717) is 24.9 Å². The van der Waals surface area contributed by atoms with Gasteiger partial charge in [0.1, 0.15) is 23.9 Å². The molecule has 0 spiro atoms. The molecule has 3 N–H and O–H groups in total. The molecule has 0 saturated carbocycles. The first-order chi connectivity index (χ1) is 12.5. The summed E-state index contributed by atoms with van der Waals surface area (Å²) in [6.45, 7) is 1.07. The Bertz CT molecular complexity index is 843. The number of rotatable bonds is 8. The Balaban J connectivity index is 1.50. The van der Waals surface area contributed by atoms with Crippen molar-refractivity contribution in [3.8, 4) is 5.75 Å². The summed E-state index contributed by atoms with van der Waals surface area (Å²) in [6.07, 6.45) is 0.288. The van der Waals surface area contributed by atoms with Gasteiger partial charge in [0.15, 0.2) is 5.58 Å². The van der Waals surface area contributed by atoms with E-state index in [1.807, 2.05) is 60.5 Å². The van der Waals surface area contributed by atoms with Gasteiger partial charge in [0.05, 0.1) is 6.54 Å². The van der Waals surface area contributed by atoms with Crippen molar-refractivity contribution in [3.05, 3.63) is 54.1 Å². The van der Waals surface area contributed by atoms with Gasteiger partial charge in [0, 0.05) is 7.05 Å². The summed E-state index contributed by atoms with van der Waals surface area (Å²) >= 11 is 0. The number of para-hydroxylation sites is 2. The number of nitrogens with zero attached hydrogens (tertiary/aromatic N) is 2. The third kappa shape index (κ3) is 4.31. The third-order valence-corrected chi connectivity index (χ3v) is 4.00. The molecule has 3 rings (SSSR count). The molecule has 0 aliphatic carbocycles. The number of carboxylic acid groups (broad SMARTS) is 1. The molecule has 7 heteroatoms. The number of fused-ring (bicyclic) bond motifs is 1. The van der Waals surface area contributed by atoms with Crippen LogP contribution < -0.4 is 15.4 Å². The average Bonchev–Trinajstić information content (AvgIpc) is 3.07. The van der Waals surface area contributed by atoms with Gasteiger partial charge in [-0.3, -0.25) is 4.79 Å². The lowest BCUT2D eigenvalue weighted by Gasteiger charge is -2.15. The van der Waals surface area contributed by atoms with Crippen LogP contribution in [0.5, 0.6) is 5.75 Å². The highest BCUT2D eigenvalue weighted by Crippen LogP contribution is 2.20. The maximum absolute atomic E-state index is 10.8. The van der Waals surface area contributed by atoms with E-state index in [1.54, 1.807) is 0 Å². The maximum Gasteiger partial charge on any atom is 0.320 e. The summed E-state index contributed by atoms with van der Waals surface area (Å²) in [4.78, 5) is 17.1. The SMILES string of the molecule is CN(CCOc1ccc(CC(N)C(=O)O)cc1)c1nc2ccccc2o1. The highest BCUT2D eigenvalue weighted by atomic mass is 16.5. The van der Waals surface area contributed by atoms with Gasteiger partial charge < -0.3 is 24.9 Å². The fourth-order valence-electron chi connectivity index (χ4n) is 2.48. The van der Waals surface area contributed by atoms with Crippen molar-refractivity contribution in [1.29, 1.82) is 0 Å². The zero-order valence-corrected chi connectivity index (χ0v) is 14.5. The van der Waals surface area contributed by atoms with E-state index < -0.39 is 12.0 Å². The zero-order valence-electron chi connectivity index (χ0n) is 14.5. The zero-order chi connectivity index (χ0) is 18.5. The maximum atomic E-state index is 10.8. The molecule has 3 aromatic rings. The van der Waals surface area contributed by atoms with E-state index in [4.69, 9.17) is 20.0 Å². The minimum absolute atomic E-state index is 0.288. The first kappa shape index (κ1) is 17.8. The number of likely N-dealkylation sites (N-methyl/N-ethyl adjacent to an activating group) is 1. The van der Waals surface area contributed by atoms with Gasteiger partial charge in [-0.25, -0.2) is 0 Å². The molecule has 1 atom stereocenters. The number of nitrogens with two attached hydrogens (primary N) is 1. The van der Waals surface area contributed by atoms with Crippen LogP contribution in [0.1, 0.15) is 5.56 Å². The number of ether oxygens (including phenoxy) is 1. The third-order valence-electron chi connectivity index (χ3n) is 4.00. The smallest absolute Gasteiger partial charge is 0.320 e. The van der Waals surface area contributed by atoms with Crippen LogP contribution in [0.25, 0.3) is 11.1 Å². The Kier molecular flexibility index (Phi) is 5.38. The molecule has 0 aliphatic heterocycles. The summed E-state index contributed by atoms with van der Waals surface area (Å²) in [6, 6.07) is 14.5. The van der Waals surface area contributed by atoms with Gasteiger partial charge in [-0.2, -0.15) is 4.98 Å². The summed E-state index contributed by atoms with van der Waals surface area (Å²) in [5.41, 5.74) is 7.97. The van der Waals surface area contributed by atoms with Crippen LogP contribution >= 0.6 is 0 Å². The van der Waals surface area contributed by atoms with Crippen LogP contribution in [0, 0.1) is 0 Å². The number of oxazole rings is 1. The fourth-order valence-corrected chi connectivity index (χ4v) is 2.48. The van der Waals surface area contributed by atoms with E-state index in [2.05, 4.69) is 4.98 Å². The molecule has 1 heterocycles. The van der Waals surface area contributed by atoms with Gasteiger partial charge in [0.2, 0.25) is 0 Å². The number of carboxylic acids is 1. The van der Waals surface area contributed by atoms with E-state index in [9.17, 15) is 4.79 Å². The van der Waals surface area contributed by atoms with E-state index in [1.165, 1.54) is 0 Å². The van der Waals surface area contributed by atoms with Crippen molar-refractivity contribution in [2.45, 2.75) is 12.5 Å². The number of anilines is 1. The molecule has 26 heavy (non-hydrogen) atoms. The number of hydrogen-bond acceptors (Lipinski definition) is 6. The monoisotopic (exact) mass is 355 g/mol. The van der Waals surface area contributed by atoms with Crippen LogP contribution in [0.15, 0.2) is 52.9 Å². The molecule has 1 aromatic heterocycles. The van der Waals surface area contributed by atoms with Crippen LogP contribution in [-0.4, -0.2) is 42.3 Å². The Morgan fingerprint density at radius 2 is 2.00 bits per heavy atom. The van der Waals surface area contributed by atoms with Crippen LogP contribution in [0.2, 0.25) is 0 Å². The number of benzene rings is 2. The number of hydrogen-bond donors (Lipinski definition) is 2. The number of carbonyl (C=O) groups is 1. The lowest BCUT2D eigenvalue weighted by Crippen LogP contribution is -2.32. The number of aliphatic carboxylic acids is 1. The lowest BCUT2D eigenvalue weighted by molar-refractivity contribution is -0.138. The van der Waals surface area contributed by atoms with Crippen molar-refractivity contribution in [2.24, 2.45) is 5.73 Å². The molecule has 0 saturated heterocycles. The fraction of sp³-hybridized carbons (Fsp3) is 0.263. The molecular weight excluding hydrogens is 334 g/mol. The second-order valence-corrected chi connectivity index (χ2v) is 6.03. The Morgan fingerprint density at radius 3 is 2.69 bits per heavy atom. The second kappa shape index (κ2) is 7.88. The molecule has 0 amide bonds. The Morgan fingerprint density at radius 1 is 1.27 bits per heavy atom. The van der Waals surface area contributed by atoms with Crippen molar-refractivity contribution >= 4 is 23.1 Å². The summed E-state index contributed by atoms with van der Waals surface area (Å²) < 4.78 is 11.4. The molecule has 136 valence electrons.